The molecule has 11 heavy (non-hydrogen) atoms. The molecular formula is C5H3BrLiNO2S. The average Bonchev–Trinajstić information content (AvgIpc) is 2.13. The molecule has 0 atom stereocenters. The molecule has 3 nitrogen and oxygen atoms in total. The Balaban J connectivity index is 0.000001000. The molecule has 1 heterocycles. The molecule has 1 aromatic rings. The molecule has 0 bridgehead atoms. The first-order valence-corrected chi connectivity index (χ1v) is 4.06. The van der Waals surface area contributed by atoms with E-state index in [1.807, 2.05) is 0 Å². The number of nitrogens with zero attached hydrogens (tertiary/aromatic N) is 1. The van der Waals surface area contributed by atoms with E-state index in [9.17, 15) is 9.90 Å². The molecule has 0 unspecified atom stereocenters. The number of hydrogen-bond donors (Lipinski definition) is 0. The van der Waals surface area contributed by atoms with E-state index in [0.717, 1.165) is 16.2 Å². The van der Waals surface area contributed by atoms with Crippen molar-refractivity contribution < 1.29 is 28.8 Å². The first kappa shape index (κ1) is 11.2. The van der Waals surface area contributed by atoms with Gasteiger partial charge in [-0.05, 0) is 22.9 Å². The third-order valence-corrected chi connectivity index (χ3v) is 2.90. The number of thiazole rings is 1. The molecule has 0 radical (unpaired) electrons. The van der Waals surface area contributed by atoms with E-state index in [0.29, 0.717) is 4.60 Å². The Kier molecular flexibility index (Phi) is 4.33. The number of aromatic carboxylic acids is 1. The SMILES string of the molecule is Cc1sc(C(=O)[O-])nc1Br.[Li+]. The maximum absolute atomic E-state index is 10.2. The zero-order chi connectivity index (χ0) is 7.72. The van der Waals surface area contributed by atoms with Crippen LogP contribution < -0.4 is 24.0 Å². The van der Waals surface area contributed by atoms with Crippen molar-refractivity contribution >= 4 is 33.2 Å². The number of carbonyl (C=O) groups excluding carboxylic acids is 1. The third-order valence-electron chi connectivity index (χ3n) is 0.915. The van der Waals surface area contributed by atoms with Gasteiger partial charge in [0.1, 0.15) is 15.6 Å². The summed E-state index contributed by atoms with van der Waals surface area (Å²) in [5.41, 5.74) is 0. The Morgan fingerprint density at radius 3 is 2.45 bits per heavy atom. The molecule has 0 N–H and O–H groups in total. The molecule has 0 spiro atoms. The molecule has 1 aromatic heterocycles. The molecule has 0 aliphatic carbocycles. The predicted molar refractivity (Wildman–Crippen MR) is 38.9 cm³/mol. The van der Waals surface area contributed by atoms with Crippen LogP contribution in [0.15, 0.2) is 4.60 Å². The van der Waals surface area contributed by atoms with E-state index in [-0.39, 0.29) is 23.9 Å². The van der Waals surface area contributed by atoms with Crippen LogP contribution in [0.25, 0.3) is 0 Å². The molecule has 0 aliphatic rings. The minimum Gasteiger partial charge on any atom is -0.542 e. The number of hydrogen-bond acceptors (Lipinski definition) is 4. The number of aromatic nitrogens is 1. The first-order valence-electron chi connectivity index (χ1n) is 2.45. The van der Waals surface area contributed by atoms with Gasteiger partial charge in [0.15, 0.2) is 0 Å². The minimum atomic E-state index is -1.22. The fraction of sp³-hybridized carbons (Fsp3) is 0.200. The Hall–Kier alpha value is 0.177. The van der Waals surface area contributed by atoms with E-state index in [4.69, 9.17) is 0 Å². The average molecular weight is 228 g/mol. The Bertz CT molecular complexity index is 256. The van der Waals surface area contributed by atoms with Crippen LogP contribution in [-0.4, -0.2) is 11.0 Å². The molecule has 0 amide bonds. The number of rotatable bonds is 1. The summed E-state index contributed by atoms with van der Waals surface area (Å²) in [6.07, 6.45) is 0. The standard InChI is InChI=1S/C5H4BrNO2S.Li/c1-2-3(6)7-4(10-2)5(8)9;/h1H3,(H,8,9);/q;+1/p-1. The third kappa shape index (κ3) is 2.60. The second-order valence-corrected chi connectivity index (χ2v) is 3.61. The Morgan fingerprint density at radius 1 is 1.73 bits per heavy atom. The van der Waals surface area contributed by atoms with E-state index < -0.39 is 5.97 Å². The van der Waals surface area contributed by atoms with Gasteiger partial charge in [-0.25, -0.2) is 4.98 Å². The summed E-state index contributed by atoms with van der Waals surface area (Å²) >= 11 is 4.19. The fourth-order valence-electron chi connectivity index (χ4n) is 0.465. The predicted octanol–water partition coefficient (Wildman–Crippen LogP) is -2.42. The van der Waals surface area contributed by atoms with Crippen molar-refractivity contribution in [3.8, 4) is 0 Å². The quantitative estimate of drug-likeness (QED) is 0.503. The van der Waals surface area contributed by atoms with E-state index in [2.05, 4.69) is 20.9 Å². The van der Waals surface area contributed by atoms with Crippen LogP contribution in [0, 0.1) is 6.92 Å². The van der Waals surface area contributed by atoms with Crippen LogP contribution in [0.4, 0.5) is 0 Å². The maximum atomic E-state index is 10.2. The maximum Gasteiger partial charge on any atom is 1.00 e. The summed E-state index contributed by atoms with van der Waals surface area (Å²) < 4.78 is 0.580. The van der Waals surface area contributed by atoms with Gasteiger partial charge in [-0.1, -0.05) is 0 Å². The van der Waals surface area contributed by atoms with E-state index in [1.54, 1.807) is 6.92 Å². The van der Waals surface area contributed by atoms with Gasteiger partial charge in [0, 0.05) is 4.88 Å². The minimum absolute atomic E-state index is 0. The Morgan fingerprint density at radius 2 is 2.27 bits per heavy atom. The number of carboxylic acid groups (broad SMARTS) is 1. The van der Waals surface area contributed by atoms with Gasteiger partial charge in [-0.15, -0.1) is 11.3 Å². The summed E-state index contributed by atoms with van der Waals surface area (Å²) in [5, 5.41) is 10.2. The van der Waals surface area contributed by atoms with Gasteiger partial charge in [-0.3, -0.25) is 0 Å². The monoisotopic (exact) mass is 227 g/mol. The van der Waals surface area contributed by atoms with Gasteiger partial charge in [0.05, 0.1) is 0 Å². The van der Waals surface area contributed by atoms with Gasteiger partial charge >= 0.3 is 18.9 Å². The van der Waals surface area contributed by atoms with Crippen LogP contribution in [-0.2, 0) is 0 Å². The van der Waals surface area contributed by atoms with Crippen molar-refractivity contribution in [2.45, 2.75) is 6.92 Å². The van der Waals surface area contributed by atoms with Crippen molar-refractivity contribution in [1.29, 1.82) is 0 Å². The van der Waals surface area contributed by atoms with Crippen LogP contribution in [0.1, 0.15) is 14.7 Å². The first-order chi connectivity index (χ1) is 4.61. The van der Waals surface area contributed by atoms with E-state index in [1.165, 1.54) is 0 Å². The molecule has 0 saturated carbocycles. The molecule has 0 aromatic carbocycles. The van der Waals surface area contributed by atoms with Crippen molar-refractivity contribution in [1.82, 2.24) is 4.98 Å². The molecular weight excluding hydrogens is 225 g/mol. The van der Waals surface area contributed by atoms with Crippen LogP contribution in [0.2, 0.25) is 0 Å². The van der Waals surface area contributed by atoms with Crippen LogP contribution in [0.3, 0.4) is 0 Å². The summed E-state index contributed by atoms with van der Waals surface area (Å²) in [6.45, 7) is 1.79. The number of halogens is 1. The fourth-order valence-corrected chi connectivity index (χ4v) is 1.64. The second kappa shape index (κ2) is 4.26. The number of aryl methyl sites for hydroxylation is 1. The molecule has 6 heteroatoms. The van der Waals surface area contributed by atoms with Crippen LogP contribution in [0.5, 0.6) is 0 Å². The molecule has 54 valence electrons. The molecule has 0 saturated heterocycles. The summed E-state index contributed by atoms with van der Waals surface area (Å²) in [4.78, 5) is 14.7. The normalized spacial score (nSPS) is 8.91. The van der Waals surface area contributed by atoms with E-state index >= 15 is 0 Å². The molecule has 0 aliphatic heterocycles. The molecule has 0 fully saturated rings. The van der Waals surface area contributed by atoms with Gasteiger partial charge in [0.2, 0.25) is 0 Å². The topological polar surface area (TPSA) is 53.0 Å². The molecule has 1 rings (SSSR count). The zero-order valence-corrected chi connectivity index (χ0v) is 8.45. The second-order valence-electron chi connectivity index (χ2n) is 1.65. The van der Waals surface area contributed by atoms with Crippen molar-refractivity contribution in [3.05, 3.63) is 14.5 Å². The van der Waals surface area contributed by atoms with Gasteiger partial charge in [0.25, 0.3) is 0 Å². The Labute approximate surface area is 88.1 Å². The largest absolute Gasteiger partial charge is 1.00 e. The summed E-state index contributed by atoms with van der Waals surface area (Å²) in [7, 11) is 0. The van der Waals surface area contributed by atoms with Crippen molar-refractivity contribution in [3.63, 3.8) is 0 Å². The summed E-state index contributed by atoms with van der Waals surface area (Å²) in [6, 6.07) is 0. The van der Waals surface area contributed by atoms with Crippen molar-refractivity contribution in [2.24, 2.45) is 0 Å². The summed E-state index contributed by atoms with van der Waals surface area (Å²) in [5.74, 6) is -1.22. The number of carboxylic acids is 1. The number of carbonyl (C=O) groups is 1. The zero-order valence-electron chi connectivity index (χ0n) is 6.05. The van der Waals surface area contributed by atoms with Crippen molar-refractivity contribution in [2.75, 3.05) is 0 Å². The van der Waals surface area contributed by atoms with Crippen LogP contribution >= 0.6 is 27.3 Å². The van der Waals surface area contributed by atoms with Gasteiger partial charge in [-0.2, -0.15) is 0 Å². The smallest absolute Gasteiger partial charge is 0.542 e. The van der Waals surface area contributed by atoms with Gasteiger partial charge < -0.3 is 9.90 Å².